The van der Waals surface area contributed by atoms with E-state index in [0.29, 0.717) is 0 Å². The maximum Gasteiger partial charge on any atom is 0.272 e. The highest BCUT2D eigenvalue weighted by Crippen LogP contribution is 2.07. The minimum Gasteiger partial charge on any atom is -0.395 e. The summed E-state index contributed by atoms with van der Waals surface area (Å²) in [7, 11) is 0. The van der Waals surface area contributed by atoms with Crippen LogP contribution in [0.5, 0.6) is 0 Å². The number of guanidine groups is 1. The molecule has 0 spiro atoms. The molecule has 0 bridgehead atoms. The number of carbonyl (C=O) groups is 1. The van der Waals surface area contributed by atoms with Gasteiger partial charge in [0.05, 0.1) is 6.61 Å². The van der Waals surface area contributed by atoms with Crippen molar-refractivity contribution < 1.29 is 14.3 Å². The number of allylic oxidation sites excluding steroid dienone is 4. The van der Waals surface area contributed by atoms with Crippen LogP contribution in [0.15, 0.2) is 41.2 Å². The van der Waals surface area contributed by atoms with Gasteiger partial charge < -0.3 is 16.2 Å². The summed E-state index contributed by atoms with van der Waals surface area (Å²) in [6.07, 6.45) is 3.39. The molecule has 0 aromatic heterocycles. The Labute approximate surface area is 99.2 Å². The van der Waals surface area contributed by atoms with Crippen molar-refractivity contribution in [3.63, 3.8) is 0 Å². The van der Waals surface area contributed by atoms with Crippen LogP contribution in [0.25, 0.3) is 0 Å². The van der Waals surface area contributed by atoms with E-state index in [-0.39, 0.29) is 24.7 Å². The van der Waals surface area contributed by atoms with Gasteiger partial charge in [0, 0.05) is 12.6 Å². The minimum absolute atomic E-state index is 0.0990. The van der Waals surface area contributed by atoms with Gasteiger partial charge in [-0.25, -0.2) is 4.39 Å². The molecule has 0 aromatic rings. The monoisotopic (exact) mass is 241 g/mol. The van der Waals surface area contributed by atoms with Crippen molar-refractivity contribution in [2.45, 2.75) is 6.92 Å². The zero-order valence-electron chi connectivity index (χ0n) is 9.61. The predicted molar refractivity (Wildman–Crippen MR) is 64.9 cm³/mol. The third-order valence-electron chi connectivity index (χ3n) is 1.54. The molecule has 1 amide bonds. The lowest BCUT2D eigenvalue weighted by molar-refractivity contribution is -0.113. The lowest BCUT2D eigenvalue weighted by Gasteiger charge is -2.00. The third-order valence-corrected chi connectivity index (χ3v) is 1.54. The zero-order chi connectivity index (χ0) is 13.3. The van der Waals surface area contributed by atoms with Crippen molar-refractivity contribution in [1.82, 2.24) is 5.32 Å². The molecular formula is C11H16FN3O2. The maximum absolute atomic E-state index is 12.9. The van der Waals surface area contributed by atoms with Crippen LogP contribution in [0.4, 0.5) is 4.39 Å². The Kier molecular flexibility index (Phi) is 7.29. The average molecular weight is 241 g/mol. The minimum atomic E-state index is -0.626. The fraction of sp³-hybridized carbons (Fsp3) is 0.273. The van der Waals surface area contributed by atoms with Gasteiger partial charge in [-0.2, -0.15) is 4.99 Å². The molecule has 0 atom stereocenters. The molecular weight excluding hydrogens is 225 g/mol. The van der Waals surface area contributed by atoms with Crippen LogP contribution in [0.3, 0.4) is 0 Å². The summed E-state index contributed by atoms with van der Waals surface area (Å²) in [4.78, 5) is 14.6. The fourth-order valence-electron chi connectivity index (χ4n) is 0.737. The Morgan fingerprint density at radius 1 is 1.65 bits per heavy atom. The van der Waals surface area contributed by atoms with Gasteiger partial charge in [-0.3, -0.25) is 4.79 Å². The second kappa shape index (κ2) is 8.23. The van der Waals surface area contributed by atoms with E-state index in [9.17, 15) is 9.18 Å². The Morgan fingerprint density at radius 3 is 2.82 bits per heavy atom. The van der Waals surface area contributed by atoms with Gasteiger partial charge in [0.25, 0.3) is 5.91 Å². The summed E-state index contributed by atoms with van der Waals surface area (Å²) in [5.74, 6) is -1.24. The van der Waals surface area contributed by atoms with E-state index < -0.39 is 11.7 Å². The zero-order valence-corrected chi connectivity index (χ0v) is 9.61. The summed E-state index contributed by atoms with van der Waals surface area (Å²) in [5, 5.41) is 11.0. The molecule has 0 aliphatic rings. The van der Waals surface area contributed by atoms with E-state index in [0.717, 1.165) is 12.2 Å². The number of rotatable bonds is 5. The van der Waals surface area contributed by atoms with Crippen LogP contribution in [0, 0.1) is 0 Å². The number of nitrogens with zero attached hydrogens (tertiary/aromatic N) is 1. The van der Waals surface area contributed by atoms with Gasteiger partial charge in [-0.1, -0.05) is 12.7 Å². The third kappa shape index (κ3) is 7.92. The first-order valence-electron chi connectivity index (χ1n) is 4.90. The van der Waals surface area contributed by atoms with Gasteiger partial charge in [0.1, 0.15) is 5.83 Å². The number of hydrogen-bond donors (Lipinski definition) is 3. The second-order valence-corrected chi connectivity index (χ2v) is 3.14. The van der Waals surface area contributed by atoms with Crippen LogP contribution in [0.1, 0.15) is 6.92 Å². The van der Waals surface area contributed by atoms with Crippen molar-refractivity contribution in [3.8, 4) is 0 Å². The molecule has 0 saturated carbocycles. The van der Waals surface area contributed by atoms with E-state index >= 15 is 0 Å². The number of amides is 1. The van der Waals surface area contributed by atoms with E-state index in [4.69, 9.17) is 10.8 Å². The SMILES string of the molecule is C=C(C)/C(F)=C\C=C\C(=O)/N=C(\N)NCCO. The number of carbonyl (C=O) groups excluding carboxylic acids is 1. The Bertz CT molecular complexity index is 373. The molecule has 0 aliphatic carbocycles. The quantitative estimate of drug-likeness (QED) is 0.281. The van der Waals surface area contributed by atoms with Crippen molar-refractivity contribution in [1.29, 1.82) is 0 Å². The van der Waals surface area contributed by atoms with Gasteiger partial charge in [0.2, 0.25) is 0 Å². The first kappa shape index (κ1) is 15.0. The van der Waals surface area contributed by atoms with Crippen molar-refractivity contribution >= 4 is 11.9 Å². The molecule has 0 fully saturated rings. The van der Waals surface area contributed by atoms with Crippen LogP contribution >= 0.6 is 0 Å². The smallest absolute Gasteiger partial charge is 0.272 e. The number of aliphatic hydroxyl groups excluding tert-OH is 1. The standard InChI is InChI=1S/C11H16FN3O2/c1-8(2)9(12)4-3-5-10(17)15-11(13)14-6-7-16/h3-5,16H,1,6-7H2,2H3,(H3,13,14,15,17)/b5-3+,9-4+. The molecule has 0 unspecified atom stereocenters. The highest BCUT2D eigenvalue weighted by atomic mass is 19.1. The fourth-order valence-corrected chi connectivity index (χ4v) is 0.737. The normalized spacial score (nSPS) is 12.9. The Hall–Kier alpha value is -1.95. The highest BCUT2D eigenvalue weighted by molar-refractivity contribution is 5.98. The number of hydrogen-bond acceptors (Lipinski definition) is 2. The van der Waals surface area contributed by atoms with E-state index in [1.165, 1.54) is 13.0 Å². The molecule has 0 radical (unpaired) electrons. The summed E-state index contributed by atoms with van der Waals surface area (Å²) < 4.78 is 12.9. The molecule has 94 valence electrons. The Balaban J connectivity index is 4.31. The van der Waals surface area contributed by atoms with Crippen LogP contribution in [-0.4, -0.2) is 30.1 Å². The second-order valence-electron chi connectivity index (χ2n) is 3.14. The topological polar surface area (TPSA) is 87.7 Å². The molecule has 0 rings (SSSR count). The lowest BCUT2D eigenvalue weighted by Crippen LogP contribution is -2.34. The van der Waals surface area contributed by atoms with Crippen molar-refractivity contribution in [2.75, 3.05) is 13.2 Å². The predicted octanol–water partition coefficient (Wildman–Crippen LogP) is 0.395. The van der Waals surface area contributed by atoms with E-state index in [2.05, 4.69) is 16.9 Å². The molecule has 0 saturated heterocycles. The lowest BCUT2D eigenvalue weighted by atomic mass is 10.3. The number of aliphatic hydroxyl groups is 1. The first-order valence-corrected chi connectivity index (χ1v) is 4.90. The summed E-state index contributed by atoms with van der Waals surface area (Å²) in [6.45, 7) is 4.99. The van der Waals surface area contributed by atoms with Gasteiger partial charge in [0.15, 0.2) is 5.96 Å². The maximum atomic E-state index is 12.9. The summed E-state index contributed by atoms with van der Waals surface area (Å²) in [6, 6.07) is 0. The largest absolute Gasteiger partial charge is 0.395 e. The van der Waals surface area contributed by atoms with Crippen molar-refractivity contribution in [2.24, 2.45) is 10.7 Å². The molecule has 0 aromatic carbocycles. The van der Waals surface area contributed by atoms with Gasteiger partial charge in [-0.05, 0) is 18.6 Å². The van der Waals surface area contributed by atoms with Crippen LogP contribution in [-0.2, 0) is 4.79 Å². The van der Waals surface area contributed by atoms with Crippen LogP contribution in [0.2, 0.25) is 0 Å². The van der Waals surface area contributed by atoms with E-state index in [1.807, 2.05) is 0 Å². The number of halogens is 1. The number of aliphatic imine (C=N–C) groups is 1. The molecule has 0 heterocycles. The number of nitrogens with two attached hydrogens (primary N) is 1. The average Bonchev–Trinajstić information content (AvgIpc) is 2.25. The van der Waals surface area contributed by atoms with Gasteiger partial charge >= 0.3 is 0 Å². The molecule has 5 nitrogen and oxygen atoms in total. The number of nitrogens with one attached hydrogen (secondary N) is 1. The summed E-state index contributed by atoms with van der Waals surface area (Å²) >= 11 is 0. The van der Waals surface area contributed by atoms with E-state index in [1.54, 1.807) is 0 Å². The molecule has 6 heteroatoms. The highest BCUT2D eigenvalue weighted by Gasteiger charge is 1.95. The van der Waals surface area contributed by atoms with Gasteiger partial charge in [-0.15, -0.1) is 0 Å². The molecule has 4 N–H and O–H groups in total. The first-order chi connectivity index (χ1) is 7.97. The molecule has 0 aliphatic heterocycles. The summed E-state index contributed by atoms with van der Waals surface area (Å²) in [5.41, 5.74) is 5.58. The Morgan fingerprint density at radius 2 is 2.29 bits per heavy atom. The molecule has 17 heavy (non-hydrogen) atoms. The van der Waals surface area contributed by atoms with Crippen molar-refractivity contribution in [3.05, 3.63) is 36.2 Å². The van der Waals surface area contributed by atoms with Crippen LogP contribution < -0.4 is 11.1 Å².